The molecule has 19 rings (SSSR count). The molecule has 0 amide bonds. The van der Waals surface area contributed by atoms with Crippen molar-refractivity contribution in [1.29, 1.82) is 0 Å². The normalized spacial score (nSPS) is 11.6. The third-order valence-corrected chi connectivity index (χ3v) is 19.1. The van der Waals surface area contributed by atoms with Gasteiger partial charge < -0.3 is 18.3 Å². The van der Waals surface area contributed by atoms with Crippen LogP contribution in [0.2, 0.25) is 0 Å². The van der Waals surface area contributed by atoms with Crippen molar-refractivity contribution in [2.24, 2.45) is 0 Å². The molecule has 0 saturated heterocycles. The van der Waals surface area contributed by atoms with Gasteiger partial charge in [-0.25, -0.2) is 0 Å². The molecule has 0 fully saturated rings. The van der Waals surface area contributed by atoms with Crippen LogP contribution in [0.1, 0.15) is 0 Å². The number of para-hydroxylation sites is 5. The van der Waals surface area contributed by atoms with Crippen LogP contribution in [0.25, 0.3) is 166 Å². The van der Waals surface area contributed by atoms with Crippen molar-refractivity contribution in [1.82, 2.24) is 18.3 Å². The van der Waals surface area contributed by atoms with E-state index in [2.05, 4.69) is 382 Å². The second kappa shape index (κ2) is 22.8. The maximum Gasteiger partial charge on any atom is 0.0541 e. The fourth-order valence-electron chi connectivity index (χ4n) is 14.6. The number of hydrogen-bond donors (Lipinski definition) is 0. The van der Waals surface area contributed by atoms with Gasteiger partial charge >= 0.3 is 0 Å². The molecule has 15 aromatic carbocycles. The first-order valence-corrected chi connectivity index (χ1v) is 32.3. The Morgan fingerprint density at radius 1 is 0.117 bits per heavy atom. The Morgan fingerprint density at radius 2 is 0.298 bits per heavy atom. The molecule has 4 nitrogen and oxygen atoms in total. The smallest absolute Gasteiger partial charge is 0.0541 e. The highest BCUT2D eigenvalue weighted by Gasteiger charge is 2.19. The molecule has 0 bridgehead atoms. The van der Waals surface area contributed by atoms with E-state index in [1.807, 2.05) is 0 Å². The van der Waals surface area contributed by atoms with Crippen molar-refractivity contribution >= 4 is 87.2 Å². The van der Waals surface area contributed by atoms with Crippen LogP contribution >= 0.6 is 0 Å². The molecule has 440 valence electrons. The number of benzene rings is 15. The average molecular weight is 1200 g/mol. The minimum absolute atomic E-state index is 1.16. The van der Waals surface area contributed by atoms with Crippen molar-refractivity contribution in [2.75, 3.05) is 0 Å². The van der Waals surface area contributed by atoms with Crippen LogP contribution in [0.15, 0.2) is 364 Å². The van der Waals surface area contributed by atoms with E-state index in [1.165, 1.54) is 154 Å². The van der Waals surface area contributed by atoms with Gasteiger partial charge in [0.15, 0.2) is 0 Å². The Hall–Kier alpha value is -12.5. The molecule has 0 aliphatic carbocycles. The molecule has 94 heavy (non-hydrogen) atoms. The summed E-state index contributed by atoms with van der Waals surface area (Å²) in [5.74, 6) is 0. The quantitative estimate of drug-likeness (QED) is 0.137. The molecule has 0 N–H and O–H groups in total. The van der Waals surface area contributed by atoms with Gasteiger partial charge in [0, 0.05) is 65.8 Å². The van der Waals surface area contributed by atoms with E-state index in [-0.39, 0.29) is 0 Å². The lowest BCUT2D eigenvalue weighted by atomic mass is 10.0. The van der Waals surface area contributed by atoms with Crippen LogP contribution in [-0.2, 0) is 0 Å². The summed E-state index contributed by atoms with van der Waals surface area (Å²) in [6.45, 7) is 0. The highest BCUT2D eigenvalue weighted by molar-refractivity contribution is 6.15. The fraction of sp³-hybridized carbons (Fsp3) is 0. The van der Waals surface area contributed by atoms with Gasteiger partial charge in [0.1, 0.15) is 0 Å². The van der Waals surface area contributed by atoms with E-state index in [4.69, 9.17) is 0 Å². The molecule has 4 heterocycles. The summed E-state index contributed by atoms with van der Waals surface area (Å²) in [5, 5.41) is 10.1. The van der Waals surface area contributed by atoms with Crippen LogP contribution in [0.3, 0.4) is 0 Å². The monoisotopic (exact) mass is 1200 g/mol. The highest BCUT2D eigenvalue weighted by atomic mass is 15.0. The van der Waals surface area contributed by atoms with Crippen LogP contribution in [-0.4, -0.2) is 18.3 Å². The van der Waals surface area contributed by atoms with Gasteiger partial charge in [-0.05, 0) is 177 Å². The molecule has 0 aliphatic rings. The van der Waals surface area contributed by atoms with E-state index >= 15 is 0 Å². The Kier molecular flexibility index (Phi) is 13.2. The van der Waals surface area contributed by atoms with Gasteiger partial charge in [-0.1, -0.05) is 243 Å². The molecule has 19 aromatic rings. The summed E-state index contributed by atoms with van der Waals surface area (Å²) in [7, 11) is 0. The first-order valence-electron chi connectivity index (χ1n) is 32.3. The molecule has 0 spiro atoms. The molecular weight excluding hydrogens is 1140 g/mol. The van der Waals surface area contributed by atoms with Gasteiger partial charge in [-0.2, -0.15) is 0 Å². The van der Waals surface area contributed by atoms with Gasteiger partial charge in [-0.3, -0.25) is 0 Å². The van der Waals surface area contributed by atoms with Crippen molar-refractivity contribution in [3.05, 3.63) is 364 Å². The lowest BCUT2D eigenvalue weighted by Gasteiger charge is -2.11. The molecule has 0 saturated carbocycles. The van der Waals surface area contributed by atoms with E-state index in [9.17, 15) is 0 Å². The first kappa shape index (κ1) is 54.4. The Labute approximate surface area is 544 Å². The number of rotatable bonds is 9. The Morgan fingerprint density at radius 3 is 0.553 bits per heavy atom. The van der Waals surface area contributed by atoms with Crippen molar-refractivity contribution in [3.8, 4) is 78.4 Å². The second-order valence-corrected chi connectivity index (χ2v) is 24.4. The maximum absolute atomic E-state index is 2.39. The second-order valence-electron chi connectivity index (χ2n) is 24.4. The van der Waals surface area contributed by atoms with Crippen LogP contribution in [0.4, 0.5) is 0 Å². The average Bonchev–Trinajstić information content (AvgIpc) is 1.60. The van der Waals surface area contributed by atoms with Crippen molar-refractivity contribution in [2.45, 2.75) is 0 Å². The maximum atomic E-state index is 2.39. The Balaban J connectivity index is 0.000000139. The number of hydrogen-bond acceptors (Lipinski definition) is 0. The van der Waals surface area contributed by atoms with Crippen LogP contribution < -0.4 is 0 Å². The lowest BCUT2D eigenvalue weighted by molar-refractivity contribution is 1.18. The number of aromatic nitrogens is 4. The van der Waals surface area contributed by atoms with E-state index in [1.54, 1.807) is 0 Å². The largest absolute Gasteiger partial charge is 0.309 e. The third kappa shape index (κ3) is 9.30. The fourth-order valence-corrected chi connectivity index (χ4v) is 14.6. The molecule has 0 atom stereocenters. The third-order valence-electron chi connectivity index (χ3n) is 19.1. The minimum atomic E-state index is 1.16. The first-order chi connectivity index (χ1) is 46.6. The van der Waals surface area contributed by atoms with Gasteiger partial charge in [-0.15, -0.1) is 0 Å². The van der Waals surface area contributed by atoms with E-state index < -0.39 is 0 Å². The summed E-state index contributed by atoms with van der Waals surface area (Å²) in [4.78, 5) is 0. The number of fused-ring (bicyclic) bond motifs is 12. The molecule has 0 unspecified atom stereocenters. The zero-order valence-corrected chi connectivity index (χ0v) is 51.4. The minimum Gasteiger partial charge on any atom is -0.309 e. The molecule has 0 radical (unpaired) electrons. The summed E-state index contributed by atoms with van der Waals surface area (Å²) in [5.41, 5.74) is 26.6. The van der Waals surface area contributed by atoms with Gasteiger partial charge in [0.05, 0.1) is 44.1 Å². The van der Waals surface area contributed by atoms with Gasteiger partial charge in [0.25, 0.3) is 0 Å². The van der Waals surface area contributed by atoms with Crippen LogP contribution in [0, 0.1) is 0 Å². The van der Waals surface area contributed by atoms with Crippen molar-refractivity contribution in [3.63, 3.8) is 0 Å². The summed E-state index contributed by atoms with van der Waals surface area (Å²) < 4.78 is 9.54. The van der Waals surface area contributed by atoms with Gasteiger partial charge in [0.2, 0.25) is 0 Å². The predicted molar refractivity (Wildman–Crippen MR) is 397 cm³/mol. The molecule has 4 heteroatoms. The topological polar surface area (TPSA) is 19.7 Å². The summed E-state index contributed by atoms with van der Waals surface area (Å²) in [6.07, 6.45) is 0. The predicted octanol–water partition coefficient (Wildman–Crippen LogP) is 24.1. The standard InChI is InChI=1S/C48H32N2.C42H28N2/c1-3-11-33(12-4-1)35-19-25-39(26-20-35)49-45-17-9-7-15-41(45)43-31-37(23-29-47(43)49)38-24-30-48-44(32-38)42-16-8-10-18-46(42)50(48)40-27-21-36(22-28-40)34-13-5-2-6-14-34;1-3-11-29(12-4-1)30-19-23-34(24-20-30)44-40-18-10-8-16-36(40)38-28-32(22-26-42(38)44)31-21-25-41-37(27-31)35-15-7-9-17-39(35)43(41)33-13-5-2-6-14-33/h1-32H;1-28H. The van der Waals surface area contributed by atoms with Crippen LogP contribution in [0.5, 0.6) is 0 Å². The summed E-state index contributed by atoms with van der Waals surface area (Å²) in [6, 6.07) is 132. The molecule has 4 aromatic heterocycles. The highest BCUT2D eigenvalue weighted by Crippen LogP contribution is 2.42. The van der Waals surface area contributed by atoms with Crippen molar-refractivity contribution < 1.29 is 0 Å². The van der Waals surface area contributed by atoms with E-state index in [0.717, 1.165) is 11.4 Å². The Bertz CT molecular complexity index is 5840. The zero-order valence-electron chi connectivity index (χ0n) is 51.4. The zero-order chi connectivity index (χ0) is 62.1. The van der Waals surface area contributed by atoms with E-state index in [0.29, 0.717) is 0 Å². The SMILES string of the molecule is c1ccc(-c2ccc(-n3c4ccccc4c4cc(-c5ccc6c(c5)c5ccccc5n6-c5ccc(-c6ccccc6)cc5)ccc43)cc2)cc1.c1ccc(-c2ccc(-n3c4ccccc4c4cc(-c5ccc6c(c5)c5ccccc5n6-c5ccccc5)ccc43)cc2)cc1. The summed E-state index contributed by atoms with van der Waals surface area (Å²) >= 11 is 0. The molecular formula is C90H60N4. The lowest BCUT2D eigenvalue weighted by Crippen LogP contribution is -1.94. The molecule has 0 aliphatic heterocycles. The number of nitrogens with zero attached hydrogens (tertiary/aromatic N) is 4.